The standard InChI is InChI=1S/C13H19P/c1-3-11-10-12(4-2)14(11)13-8-6-5-7-9-13/h5-9,11-12H,3-4,10H2,1-2H3/t11-,12-/m1/s1. The van der Waals surface area contributed by atoms with Gasteiger partial charge in [0.1, 0.15) is 0 Å². The quantitative estimate of drug-likeness (QED) is 0.661. The molecule has 0 aromatic heterocycles. The Morgan fingerprint density at radius 1 is 1.07 bits per heavy atom. The van der Waals surface area contributed by atoms with Gasteiger partial charge >= 0.3 is 0 Å². The molecule has 0 radical (unpaired) electrons. The van der Waals surface area contributed by atoms with Gasteiger partial charge in [0, 0.05) is 0 Å². The molecular formula is C13H19P. The highest BCUT2D eigenvalue weighted by Gasteiger charge is 2.38. The topological polar surface area (TPSA) is 0 Å². The third-order valence-corrected chi connectivity index (χ3v) is 6.95. The summed E-state index contributed by atoms with van der Waals surface area (Å²) in [6, 6.07) is 11.2. The normalized spacial score (nSPS) is 27.3. The molecule has 14 heavy (non-hydrogen) atoms. The van der Waals surface area contributed by atoms with Crippen molar-refractivity contribution in [2.45, 2.75) is 44.4 Å². The molecule has 1 aromatic carbocycles. The van der Waals surface area contributed by atoms with E-state index in [1.54, 1.807) is 5.30 Å². The van der Waals surface area contributed by atoms with Crippen molar-refractivity contribution in [2.24, 2.45) is 0 Å². The van der Waals surface area contributed by atoms with E-state index in [0.29, 0.717) is 0 Å². The molecule has 0 aliphatic carbocycles. The Morgan fingerprint density at radius 3 is 2.14 bits per heavy atom. The van der Waals surface area contributed by atoms with Gasteiger partial charge in [-0.25, -0.2) is 0 Å². The first-order valence-corrected chi connectivity index (χ1v) is 7.18. The lowest BCUT2D eigenvalue weighted by Gasteiger charge is -2.45. The average molecular weight is 206 g/mol. The Bertz CT molecular complexity index is 271. The van der Waals surface area contributed by atoms with Gasteiger partial charge in [0.05, 0.1) is 0 Å². The largest absolute Gasteiger partial charge is 0.0689 e. The van der Waals surface area contributed by atoms with Crippen LogP contribution in [0.3, 0.4) is 0 Å². The Labute approximate surface area is 88.5 Å². The zero-order valence-electron chi connectivity index (χ0n) is 9.11. The molecule has 1 saturated heterocycles. The Balaban J connectivity index is 2.15. The van der Waals surface area contributed by atoms with Crippen LogP contribution in [-0.4, -0.2) is 11.3 Å². The van der Waals surface area contributed by atoms with E-state index >= 15 is 0 Å². The predicted octanol–water partition coefficient (Wildman–Crippen LogP) is 3.75. The molecule has 1 aliphatic rings. The molecule has 0 N–H and O–H groups in total. The molecule has 1 fully saturated rings. The Hall–Kier alpha value is -0.350. The monoisotopic (exact) mass is 206 g/mol. The summed E-state index contributed by atoms with van der Waals surface area (Å²) in [7, 11) is 0.180. The molecule has 1 aliphatic heterocycles. The second-order valence-electron chi connectivity index (χ2n) is 4.10. The maximum Gasteiger partial charge on any atom is -0.0163 e. The van der Waals surface area contributed by atoms with Gasteiger partial charge in [-0.2, -0.15) is 0 Å². The molecule has 0 unspecified atom stereocenters. The highest BCUT2D eigenvalue weighted by atomic mass is 31.1. The summed E-state index contributed by atoms with van der Waals surface area (Å²) in [4.78, 5) is 0. The second kappa shape index (κ2) is 4.45. The summed E-state index contributed by atoms with van der Waals surface area (Å²) < 4.78 is 0. The third kappa shape index (κ3) is 1.73. The van der Waals surface area contributed by atoms with Gasteiger partial charge in [0.2, 0.25) is 0 Å². The van der Waals surface area contributed by atoms with E-state index in [1.165, 1.54) is 19.3 Å². The molecule has 1 aromatic rings. The van der Waals surface area contributed by atoms with E-state index in [4.69, 9.17) is 0 Å². The maximum atomic E-state index is 2.34. The van der Waals surface area contributed by atoms with Crippen molar-refractivity contribution < 1.29 is 0 Å². The SMILES string of the molecule is CC[C@@H]1C[C@@H](CC)P1c1ccccc1. The maximum absolute atomic E-state index is 2.34. The van der Waals surface area contributed by atoms with Crippen LogP contribution in [0, 0.1) is 0 Å². The van der Waals surface area contributed by atoms with Gasteiger partial charge in [-0.15, -0.1) is 0 Å². The fourth-order valence-electron chi connectivity index (χ4n) is 2.45. The van der Waals surface area contributed by atoms with Gasteiger partial charge in [-0.3, -0.25) is 0 Å². The van der Waals surface area contributed by atoms with Gasteiger partial charge < -0.3 is 0 Å². The summed E-state index contributed by atoms with van der Waals surface area (Å²) in [5.74, 6) is 0. The summed E-state index contributed by atoms with van der Waals surface area (Å²) in [6.45, 7) is 4.68. The lowest BCUT2D eigenvalue weighted by molar-refractivity contribution is 0.610. The van der Waals surface area contributed by atoms with Crippen LogP contribution in [-0.2, 0) is 0 Å². The van der Waals surface area contributed by atoms with E-state index in [2.05, 4.69) is 44.2 Å². The fourth-order valence-corrected chi connectivity index (χ4v) is 5.76. The molecular weight excluding hydrogens is 187 g/mol. The third-order valence-electron chi connectivity index (χ3n) is 3.33. The van der Waals surface area contributed by atoms with Crippen molar-refractivity contribution in [1.29, 1.82) is 0 Å². The summed E-state index contributed by atoms with van der Waals surface area (Å²) in [5.41, 5.74) is 2.02. The summed E-state index contributed by atoms with van der Waals surface area (Å²) in [6.07, 6.45) is 4.22. The Kier molecular flexibility index (Phi) is 3.23. The first-order chi connectivity index (χ1) is 6.86. The molecule has 1 heterocycles. The fraction of sp³-hybridized carbons (Fsp3) is 0.538. The van der Waals surface area contributed by atoms with Crippen LogP contribution in [0.1, 0.15) is 33.1 Å². The molecule has 0 saturated carbocycles. The lowest BCUT2D eigenvalue weighted by atomic mass is 10.1. The number of hydrogen-bond donors (Lipinski definition) is 0. The number of rotatable bonds is 3. The molecule has 76 valence electrons. The average Bonchev–Trinajstić information content (AvgIpc) is 2.19. The molecule has 0 amide bonds. The van der Waals surface area contributed by atoms with Crippen molar-refractivity contribution in [3.05, 3.63) is 30.3 Å². The lowest BCUT2D eigenvalue weighted by Crippen LogP contribution is -2.34. The predicted molar refractivity (Wildman–Crippen MR) is 65.8 cm³/mol. The first kappa shape index (κ1) is 10.2. The van der Waals surface area contributed by atoms with Crippen molar-refractivity contribution in [2.75, 3.05) is 0 Å². The van der Waals surface area contributed by atoms with E-state index in [-0.39, 0.29) is 7.92 Å². The van der Waals surface area contributed by atoms with Crippen molar-refractivity contribution in [3.8, 4) is 0 Å². The van der Waals surface area contributed by atoms with Crippen LogP contribution in [0.25, 0.3) is 0 Å². The van der Waals surface area contributed by atoms with Gasteiger partial charge in [0.15, 0.2) is 0 Å². The smallest absolute Gasteiger partial charge is 0.0163 e. The van der Waals surface area contributed by atoms with Gasteiger partial charge in [-0.05, 0) is 35.9 Å². The molecule has 0 nitrogen and oxygen atoms in total. The van der Waals surface area contributed by atoms with E-state index in [1.807, 2.05) is 0 Å². The van der Waals surface area contributed by atoms with Crippen LogP contribution in [0.5, 0.6) is 0 Å². The van der Waals surface area contributed by atoms with Gasteiger partial charge in [0.25, 0.3) is 0 Å². The number of hydrogen-bond acceptors (Lipinski definition) is 0. The van der Waals surface area contributed by atoms with Crippen LogP contribution >= 0.6 is 7.92 Å². The molecule has 0 bridgehead atoms. The molecule has 2 atom stereocenters. The van der Waals surface area contributed by atoms with Crippen LogP contribution in [0.2, 0.25) is 0 Å². The minimum absolute atomic E-state index is 0.180. The van der Waals surface area contributed by atoms with Gasteiger partial charge in [-0.1, -0.05) is 52.1 Å². The first-order valence-electron chi connectivity index (χ1n) is 5.70. The van der Waals surface area contributed by atoms with Crippen molar-refractivity contribution in [1.82, 2.24) is 0 Å². The van der Waals surface area contributed by atoms with E-state index in [9.17, 15) is 0 Å². The van der Waals surface area contributed by atoms with E-state index < -0.39 is 0 Å². The molecule has 1 heteroatoms. The molecule has 2 rings (SSSR count). The highest BCUT2D eigenvalue weighted by Crippen LogP contribution is 2.60. The summed E-state index contributed by atoms with van der Waals surface area (Å²) >= 11 is 0. The summed E-state index contributed by atoms with van der Waals surface area (Å²) in [5, 5.41) is 1.63. The Morgan fingerprint density at radius 2 is 1.64 bits per heavy atom. The van der Waals surface area contributed by atoms with Crippen LogP contribution in [0.4, 0.5) is 0 Å². The van der Waals surface area contributed by atoms with Crippen LogP contribution < -0.4 is 5.30 Å². The van der Waals surface area contributed by atoms with Crippen molar-refractivity contribution >= 4 is 13.2 Å². The van der Waals surface area contributed by atoms with Crippen molar-refractivity contribution in [3.63, 3.8) is 0 Å². The zero-order chi connectivity index (χ0) is 9.97. The van der Waals surface area contributed by atoms with E-state index in [0.717, 1.165) is 11.3 Å². The van der Waals surface area contributed by atoms with Crippen LogP contribution in [0.15, 0.2) is 30.3 Å². The minimum atomic E-state index is 0.180. The zero-order valence-corrected chi connectivity index (χ0v) is 10.0. The molecule has 0 spiro atoms. The number of benzene rings is 1. The second-order valence-corrected chi connectivity index (χ2v) is 6.89. The minimum Gasteiger partial charge on any atom is -0.0689 e. The highest BCUT2D eigenvalue weighted by molar-refractivity contribution is 7.68.